The average Bonchev–Trinajstić information content (AvgIpc) is 2.97. The number of anilines is 1. The van der Waals surface area contributed by atoms with Gasteiger partial charge in [0.05, 0.1) is 11.4 Å². The van der Waals surface area contributed by atoms with Gasteiger partial charge in [-0.1, -0.05) is 6.07 Å². The number of carbonyl (C=O) groups excluding carboxylic acids is 1. The highest BCUT2D eigenvalue weighted by atomic mass is 32.1. The quantitative estimate of drug-likeness (QED) is 0.938. The number of carbonyl (C=O) groups is 1. The lowest BCUT2D eigenvalue weighted by atomic mass is 10.1. The Balaban J connectivity index is 2.15. The predicted molar refractivity (Wildman–Crippen MR) is 81.9 cm³/mol. The fourth-order valence-corrected chi connectivity index (χ4v) is 2.98. The summed E-state index contributed by atoms with van der Waals surface area (Å²) in [6, 6.07) is 4.22. The van der Waals surface area contributed by atoms with Crippen molar-refractivity contribution in [2.75, 3.05) is 12.8 Å². The second kappa shape index (κ2) is 5.66. The molecule has 2 aromatic rings. The Morgan fingerprint density at radius 1 is 1.60 bits per heavy atom. The molecule has 1 amide bonds. The summed E-state index contributed by atoms with van der Waals surface area (Å²) in [6.07, 6.45) is 0.844. The number of rotatable bonds is 4. The van der Waals surface area contributed by atoms with Gasteiger partial charge in [-0.25, -0.2) is 0 Å². The Hall–Kier alpha value is -1.82. The molecule has 0 aliphatic heterocycles. The van der Waals surface area contributed by atoms with Crippen LogP contribution in [-0.2, 0) is 13.5 Å². The van der Waals surface area contributed by atoms with Gasteiger partial charge in [-0.3, -0.25) is 9.48 Å². The molecule has 2 rings (SSSR count). The van der Waals surface area contributed by atoms with E-state index in [9.17, 15) is 4.79 Å². The topological polar surface area (TPSA) is 64.2 Å². The lowest BCUT2D eigenvalue weighted by Crippen LogP contribution is -2.37. The molecule has 2 aromatic heterocycles. The third kappa shape index (κ3) is 2.70. The van der Waals surface area contributed by atoms with Gasteiger partial charge < -0.3 is 10.6 Å². The number of nitrogens with zero attached hydrogens (tertiary/aromatic N) is 3. The molecule has 1 unspecified atom stereocenters. The van der Waals surface area contributed by atoms with E-state index in [4.69, 9.17) is 5.73 Å². The van der Waals surface area contributed by atoms with Gasteiger partial charge in [-0.2, -0.15) is 5.10 Å². The number of amides is 1. The summed E-state index contributed by atoms with van der Waals surface area (Å²) in [7, 11) is 3.55. The highest BCUT2D eigenvalue weighted by Crippen LogP contribution is 2.19. The van der Waals surface area contributed by atoms with E-state index < -0.39 is 0 Å². The van der Waals surface area contributed by atoms with Crippen molar-refractivity contribution in [3.63, 3.8) is 0 Å². The summed E-state index contributed by atoms with van der Waals surface area (Å²) in [5, 5.41) is 6.24. The Bertz CT molecular complexity index is 603. The van der Waals surface area contributed by atoms with Gasteiger partial charge in [0.15, 0.2) is 0 Å². The van der Waals surface area contributed by atoms with E-state index >= 15 is 0 Å². The number of likely N-dealkylation sites (N-methyl/N-ethyl adjacent to an activating group) is 1. The second-order valence-corrected chi connectivity index (χ2v) is 6.05. The fourth-order valence-electron chi connectivity index (χ4n) is 2.15. The molecule has 0 fully saturated rings. The molecule has 0 saturated carbocycles. The Labute approximate surface area is 123 Å². The number of nitrogens with two attached hydrogens (primary N) is 1. The average molecular weight is 292 g/mol. The number of thiophene rings is 1. The Morgan fingerprint density at radius 2 is 2.30 bits per heavy atom. The van der Waals surface area contributed by atoms with E-state index in [1.165, 1.54) is 4.88 Å². The van der Waals surface area contributed by atoms with Crippen LogP contribution in [0.5, 0.6) is 0 Å². The number of aromatic nitrogens is 2. The van der Waals surface area contributed by atoms with Crippen molar-refractivity contribution in [1.29, 1.82) is 0 Å². The van der Waals surface area contributed by atoms with Crippen LogP contribution in [0.3, 0.4) is 0 Å². The number of hydrogen-bond donors (Lipinski definition) is 1. The Morgan fingerprint density at radius 3 is 2.80 bits per heavy atom. The molecule has 0 aromatic carbocycles. The van der Waals surface area contributed by atoms with Gasteiger partial charge in [-0.15, -0.1) is 11.3 Å². The van der Waals surface area contributed by atoms with Crippen molar-refractivity contribution in [1.82, 2.24) is 14.7 Å². The van der Waals surface area contributed by atoms with E-state index in [1.807, 2.05) is 25.4 Å². The highest BCUT2D eigenvalue weighted by Gasteiger charge is 2.24. The van der Waals surface area contributed by atoms with E-state index in [-0.39, 0.29) is 11.9 Å². The normalized spacial score (nSPS) is 12.4. The molecule has 0 spiro atoms. The maximum absolute atomic E-state index is 12.6. The molecule has 0 aliphatic carbocycles. The summed E-state index contributed by atoms with van der Waals surface area (Å²) < 4.78 is 1.56. The molecule has 6 heteroatoms. The maximum Gasteiger partial charge on any atom is 0.274 e. The van der Waals surface area contributed by atoms with E-state index in [2.05, 4.69) is 11.2 Å². The van der Waals surface area contributed by atoms with Gasteiger partial charge >= 0.3 is 0 Å². The minimum atomic E-state index is -0.0883. The zero-order valence-electron chi connectivity index (χ0n) is 12.3. The molecule has 0 bridgehead atoms. The van der Waals surface area contributed by atoms with Crippen LogP contribution in [0.25, 0.3) is 0 Å². The van der Waals surface area contributed by atoms with Crippen molar-refractivity contribution >= 4 is 22.9 Å². The lowest BCUT2D eigenvalue weighted by Gasteiger charge is -2.24. The van der Waals surface area contributed by atoms with Crippen LogP contribution in [0.1, 0.15) is 28.0 Å². The van der Waals surface area contributed by atoms with Crippen LogP contribution in [0.4, 0.5) is 5.69 Å². The first-order valence-electron chi connectivity index (χ1n) is 6.50. The van der Waals surface area contributed by atoms with E-state index in [0.717, 1.165) is 6.42 Å². The minimum Gasteiger partial charge on any atom is -0.395 e. The van der Waals surface area contributed by atoms with Crippen molar-refractivity contribution in [2.45, 2.75) is 26.3 Å². The minimum absolute atomic E-state index is 0.0883. The van der Waals surface area contributed by atoms with Crippen molar-refractivity contribution in [3.8, 4) is 0 Å². The largest absolute Gasteiger partial charge is 0.395 e. The van der Waals surface area contributed by atoms with Crippen molar-refractivity contribution in [2.24, 2.45) is 7.05 Å². The molecular formula is C14H20N4OS. The van der Waals surface area contributed by atoms with Crippen LogP contribution in [-0.4, -0.2) is 33.7 Å². The molecular weight excluding hydrogens is 272 g/mol. The van der Waals surface area contributed by atoms with Crippen LogP contribution < -0.4 is 5.73 Å². The van der Waals surface area contributed by atoms with Gasteiger partial charge in [0, 0.05) is 31.4 Å². The number of nitrogen functional groups attached to an aromatic ring is 1. The molecule has 1 atom stereocenters. The first-order chi connectivity index (χ1) is 9.41. The molecule has 108 valence electrons. The zero-order chi connectivity index (χ0) is 14.9. The number of hydrogen-bond acceptors (Lipinski definition) is 4. The monoisotopic (exact) mass is 292 g/mol. The fraction of sp³-hybridized carbons (Fsp3) is 0.429. The zero-order valence-corrected chi connectivity index (χ0v) is 13.1. The molecule has 5 nitrogen and oxygen atoms in total. The van der Waals surface area contributed by atoms with Crippen molar-refractivity contribution < 1.29 is 4.79 Å². The van der Waals surface area contributed by atoms with E-state index in [0.29, 0.717) is 17.1 Å². The summed E-state index contributed by atoms with van der Waals surface area (Å²) in [6.45, 7) is 3.85. The molecule has 0 saturated heterocycles. The maximum atomic E-state index is 12.6. The standard InChI is InChI=1S/C14H20N4OS/c1-9(8-11-6-5-7-20-11)17(3)14(19)13-12(15)10(2)16-18(13)4/h5-7,9H,8,15H2,1-4H3. The predicted octanol–water partition coefficient (Wildman–Crippen LogP) is 2.08. The SMILES string of the molecule is Cc1nn(C)c(C(=O)N(C)C(C)Cc2cccs2)c1N. The van der Waals surface area contributed by atoms with Gasteiger partial charge in [0.25, 0.3) is 5.91 Å². The van der Waals surface area contributed by atoms with Crippen molar-refractivity contribution in [3.05, 3.63) is 33.8 Å². The van der Waals surface area contributed by atoms with Crippen LogP contribution in [0.15, 0.2) is 17.5 Å². The third-order valence-electron chi connectivity index (χ3n) is 3.53. The first-order valence-corrected chi connectivity index (χ1v) is 7.38. The molecule has 0 aliphatic rings. The summed E-state index contributed by atoms with van der Waals surface area (Å²) >= 11 is 1.71. The summed E-state index contributed by atoms with van der Waals surface area (Å²) in [5.41, 5.74) is 7.57. The third-order valence-corrected chi connectivity index (χ3v) is 4.43. The first kappa shape index (κ1) is 14.6. The summed E-state index contributed by atoms with van der Waals surface area (Å²) in [5.74, 6) is -0.0883. The Kier molecular flexibility index (Phi) is 4.13. The molecule has 2 N–H and O–H groups in total. The molecule has 20 heavy (non-hydrogen) atoms. The van der Waals surface area contributed by atoms with Gasteiger partial charge in [0.2, 0.25) is 0 Å². The smallest absolute Gasteiger partial charge is 0.274 e. The van der Waals surface area contributed by atoms with Crippen LogP contribution in [0, 0.1) is 6.92 Å². The second-order valence-electron chi connectivity index (χ2n) is 5.02. The van der Waals surface area contributed by atoms with Crippen LogP contribution >= 0.6 is 11.3 Å². The molecule has 2 heterocycles. The lowest BCUT2D eigenvalue weighted by molar-refractivity contribution is 0.0734. The molecule has 0 radical (unpaired) electrons. The number of aryl methyl sites for hydroxylation is 2. The highest BCUT2D eigenvalue weighted by molar-refractivity contribution is 7.09. The van der Waals surface area contributed by atoms with E-state index in [1.54, 1.807) is 34.9 Å². The van der Waals surface area contributed by atoms with Crippen LogP contribution in [0.2, 0.25) is 0 Å². The summed E-state index contributed by atoms with van der Waals surface area (Å²) in [4.78, 5) is 15.6. The van der Waals surface area contributed by atoms with Gasteiger partial charge in [-0.05, 0) is 25.3 Å². The van der Waals surface area contributed by atoms with Gasteiger partial charge in [0.1, 0.15) is 5.69 Å².